The van der Waals surface area contributed by atoms with Crippen molar-refractivity contribution >= 4 is 0 Å². The second-order valence-electron chi connectivity index (χ2n) is 5.90. The summed E-state index contributed by atoms with van der Waals surface area (Å²) in [5.41, 5.74) is 3.67. The Morgan fingerprint density at radius 3 is 2.45 bits per heavy atom. The summed E-state index contributed by atoms with van der Waals surface area (Å²) in [5, 5.41) is 0. The highest BCUT2D eigenvalue weighted by atomic mass is 16.5. The van der Waals surface area contributed by atoms with E-state index in [1.807, 2.05) is 12.1 Å². The molecule has 0 N–H and O–H groups in total. The maximum atomic E-state index is 6.05. The molecule has 0 aliphatic carbocycles. The van der Waals surface area contributed by atoms with E-state index < -0.39 is 0 Å². The molecule has 2 nitrogen and oxygen atoms in total. The van der Waals surface area contributed by atoms with E-state index in [1.165, 1.54) is 16.7 Å². The monoisotopic (exact) mass is 268 g/mol. The lowest BCUT2D eigenvalue weighted by Crippen LogP contribution is -2.29. The van der Waals surface area contributed by atoms with Gasteiger partial charge in [0.25, 0.3) is 0 Å². The average molecular weight is 268 g/mol. The lowest BCUT2D eigenvalue weighted by molar-refractivity contribution is 0.185. The van der Waals surface area contributed by atoms with Crippen molar-refractivity contribution in [2.45, 2.75) is 32.3 Å². The zero-order chi connectivity index (χ0) is 14.3. The molecule has 0 amide bonds. The van der Waals surface area contributed by atoms with Crippen LogP contribution >= 0.6 is 0 Å². The Labute approximate surface area is 120 Å². The largest absolute Gasteiger partial charge is 0.497 e. The van der Waals surface area contributed by atoms with Crippen LogP contribution in [-0.2, 0) is 5.41 Å². The molecule has 0 saturated carbocycles. The number of methoxy groups -OCH3 is 1. The molecule has 0 saturated heterocycles. The fourth-order valence-corrected chi connectivity index (χ4v) is 2.85. The van der Waals surface area contributed by atoms with Crippen molar-refractivity contribution in [2.24, 2.45) is 0 Å². The first kappa shape index (κ1) is 13.0. The smallest absolute Gasteiger partial charge is 0.127 e. The van der Waals surface area contributed by atoms with Gasteiger partial charge in [-0.05, 0) is 24.1 Å². The summed E-state index contributed by atoms with van der Waals surface area (Å²) in [4.78, 5) is 0. The van der Waals surface area contributed by atoms with Crippen molar-refractivity contribution < 1.29 is 9.47 Å². The molecule has 3 rings (SSSR count). The normalized spacial score (nSPS) is 19.3. The third kappa shape index (κ3) is 1.87. The average Bonchev–Trinajstić information content (AvgIpc) is 2.69. The summed E-state index contributed by atoms with van der Waals surface area (Å²) in [6.45, 7) is 6.60. The van der Waals surface area contributed by atoms with Gasteiger partial charge in [-0.2, -0.15) is 0 Å². The molecule has 104 valence electrons. The number of ether oxygens (including phenoxy) is 2. The molecule has 2 heteroatoms. The van der Waals surface area contributed by atoms with Crippen LogP contribution in [-0.4, -0.2) is 13.2 Å². The van der Waals surface area contributed by atoms with E-state index in [0.29, 0.717) is 0 Å². The molecule has 0 fully saturated rings. The molecule has 0 aromatic heterocycles. The van der Waals surface area contributed by atoms with Gasteiger partial charge < -0.3 is 9.47 Å². The second-order valence-corrected chi connectivity index (χ2v) is 5.90. The van der Waals surface area contributed by atoms with Gasteiger partial charge >= 0.3 is 0 Å². The summed E-state index contributed by atoms with van der Waals surface area (Å²) in [6.07, 6.45) is 0.159. The van der Waals surface area contributed by atoms with Gasteiger partial charge in [0, 0.05) is 17.0 Å². The minimum atomic E-state index is -0.00716. The third-order valence-corrected chi connectivity index (χ3v) is 4.36. The first-order valence-corrected chi connectivity index (χ1v) is 6.98. The predicted octanol–water partition coefficient (Wildman–Crippen LogP) is 4.42. The SMILES string of the molecule is COc1cc2c(c(-c3ccccc3)c1)C(C)(C)[C@@H](C)O2. The van der Waals surface area contributed by atoms with Crippen molar-refractivity contribution in [2.75, 3.05) is 7.11 Å². The molecular formula is C18H20O2. The third-order valence-electron chi connectivity index (χ3n) is 4.36. The Balaban J connectivity index is 2.27. The van der Waals surface area contributed by atoms with Gasteiger partial charge in [-0.25, -0.2) is 0 Å². The Morgan fingerprint density at radius 2 is 1.80 bits per heavy atom. The minimum absolute atomic E-state index is 0.00716. The lowest BCUT2D eigenvalue weighted by Gasteiger charge is -2.24. The minimum Gasteiger partial charge on any atom is -0.497 e. The second kappa shape index (κ2) is 4.55. The summed E-state index contributed by atoms with van der Waals surface area (Å²) in [6, 6.07) is 14.5. The van der Waals surface area contributed by atoms with Crippen LogP contribution in [0.2, 0.25) is 0 Å². The molecule has 2 aromatic carbocycles. The van der Waals surface area contributed by atoms with E-state index in [2.05, 4.69) is 51.1 Å². The van der Waals surface area contributed by atoms with Gasteiger partial charge in [0.2, 0.25) is 0 Å². The molecule has 1 atom stereocenters. The fraction of sp³-hybridized carbons (Fsp3) is 0.333. The van der Waals surface area contributed by atoms with Crippen LogP contribution in [0.1, 0.15) is 26.3 Å². The topological polar surface area (TPSA) is 18.5 Å². The number of rotatable bonds is 2. The van der Waals surface area contributed by atoms with E-state index in [1.54, 1.807) is 7.11 Å². The van der Waals surface area contributed by atoms with Gasteiger partial charge in [0.1, 0.15) is 17.6 Å². The van der Waals surface area contributed by atoms with Crippen LogP contribution in [0.25, 0.3) is 11.1 Å². The summed E-state index contributed by atoms with van der Waals surface area (Å²) < 4.78 is 11.5. The Morgan fingerprint density at radius 1 is 1.10 bits per heavy atom. The van der Waals surface area contributed by atoms with Crippen molar-refractivity contribution in [3.8, 4) is 22.6 Å². The molecule has 1 heterocycles. The molecule has 1 aliphatic heterocycles. The van der Waals surface area contributed by atoms with E-state index in [-0.39, 0.29) is 11.5 Å². The quantitative estimate of drug-likeness (QED) is 0.802. The maximum absolute atomic E-state index is 6.05. The van der Waals surface area contributed by atoms with Crippen molar-refractivity contribution in [1.82, 2.24) is 0 Å². The molecule has 0 bridgehead atoms. The van der Waals surface area contributed by atoms with E-state index in [0.717, 1.165) is 11.5 Å². The van der Waals surface area contributed by atoms with Crippen LogP contribution in [0.4, 0.5) is 0 Å². The van der Waals surface area contributed by atoms with Crippen molar-refractivity contribution in [3.05, 3.63) is 48.0 Å². The van der Waals surface area contributed by atoms with Gasteiger partial charge in [-0.15, -0.1) is 0 Å². The Hall–Kier alpha value is -1.96. The first-order chi connectivity index (χ1) is 9.54. The zero-order valence-corrected chi connectivity index (χ0v) is 12.4. The summed E-state index contributed by atoms with van der Waals surface area (Å²) in [7, 11) is 1.69. The summed E-state index contributed by atoms with van der Waals surface area (Å²) >= 11 is 0. The summed E-state index contributed by atoms with van der Waals surface area (Å²) in [5.74, 6) is 1.79. The molecule has 2 aromatic rings. The lowest BCUT2D eigenvalue weighted by atomic mass is 9.78. The van der Waals surface area contributed by atoms with Crippen LogP contribution < -0.4 is 9.47 Å². The van der Waals surface area contributed by atoms with Crippen LogP contribution in [0.15, 0.2) is 42.5 Å². The maximum Gasteiger partial charge on any atom is 0.127 e. The molecule has 1 aliphatic rings. The zero-order valence-electron chi connectivity index (χ0n) is 12.4. The van der Waals surface area contributed by atoms with Gasteiger partial charge in [0.05, 0.1) is 7.11 Å². The van der Waals surface area contributed by atoms with Gasteiger partial charge in [-0.3, -0.25) is 0 Å². The number of fused-ring (bicyclic) bond motifs is 1. The molecule has 0 spiro atoms. The Bertz CT molecular complexity index is 629. The molecule has 0 radical (unpaired) electrons. The van der Waals surface area contributed by atoms with E-state index in [9.17, 15) is 0 Å². The highest BCUT2D eigenvalue weighted by Crippen LogP contribution is 2.49. The highest BCUT2D eigenvalue weighted by Gasteiger charge is 2.41. The first-order valence-electron chi connectivity index (χ1n) is 6.98. The van der Waals surface area contributed by atoms with Gasteiger partial charge in [-0.1, -0.05) is 44.2 Å². The van der Waals surface area contributed by atoms with Gasteiger partial charge in [0.15, 0.2) is 0 Å². The van der Waals surface area contributed by atoms with Crippen LogP contribution in [0, 0.1) is 0 Å². The van der Waals surface area contributed by atoms with Crippen LogP contribution in [0.5, 0.6) is 11.5 Å². The van der Waals surface area contributed by atoms with E-state index >= 15 is 0 Å². The standard InChI is InChI=1S/C18H20O2/c1-12-18(2,3)17-15(13-8-6-5-7-9-13)10-14(19-4)11-16(17)20-12/h5-12H,1-4H3/t12-/m1/s1. The number of benzene rings is 2. The predicted molar refractivity (Wildman–Crippen MR) is 81.5 cm³/mol. The van der Waals surface area contributed by atoms with E-state index in [4.69, 9.17) is 9.47 Å². The van der Waals surface area contributed by atoms with Crippen molar-refractivity contribution in [1.29, 1.82) is 0 Å². The van der Waals surface area contributed by atoms with Crippen LogP contribution in [0.3, 0.4) is 0 Å². The molecule has 0 unspecified atom stereocenters. The number of hydrogen-bond acceptors (Lipinski definition) is 2. The van der Waals surface area contributed by atoms with Crippen molar-refractivity contribution in [3.63, 3.8) is 0 Å². The number of hydrogen-bond donors (Lipinski definition) is 0. The Kier molecular flexibility index (Phi) is 2.97. The molecule has 20 heavy (non-hydrogen) atoms. The molecular weight excluding hydrogens is 248 g/mol. The highest BCUT2D eigenvalue weighted by molar-refractivity contribution is 5.75. The fourth-order valence-electron chi connectivity index (χ4n) is 2.85.